The van der Waals surface area contributed by atoms with Gasteiger partial charge in [-0.3, -0.25) is 9.48 Å². The van der Waals surface area contributed by atoms with E-state index in [0.717, 1.165) is 15.7 Å². The molecule has 0 atom stereocenters. The van der Waals surface area contributed by atoms with Crippen molar-refractivity contribution in [1.29, 1.82) is 0 Å². The third-order valence-corrected chi connectivity index (χ3v) is 4.61. The standard InChI is InChI=1S/C16H20BrN3O/c1-12-9-13(17)10-19(16(12)21)11-14-7-8-20(18-14)15-5-3-2-4-6-15/h7-10,15H,2-6,11H2,1H3. The molecule has 1 saturated carbocycles. The molecule has 1 aliphatic carbocycles. The molecule has 2 aromatic rings. The van der Waals surface area contributed by atoms with Crippen molar-refractivity contribution in [2.45, 2.75) is 51.6 Å². The van der Waals surface area contributed by atoms with Crippen LogP contribution in [0, 0.1) is 6.92 Å². The fourth-order valence-corrected chi connectivity index (χ4v) is 3.63. The molecule has 5 heteroatoms. The van der Waals surface area contributed by atoms with E-state index in [1.54, 1.807) is 4.57 Å². The van der Waals surface area contributed by atoms with E-state index in [9.17, 15) is 4.79 Å². The Kier molecular flexibility index (Phi) is 4.29. The average molecular weight is 350 g/mol. The van der Waals surface area contributed by atoms with Gasteiger partial charge in [-0.05, 0) is 47.8 Å². The molecule has 0 spiro atoms. The monoisotopic (exact) mass is 349 g/mol. The van der Waals surface area contributed by atoms with Crippen LogP contribution < -0.4 is 5.56 Å². The second-order valence-corrected chi connectivity index (χ2v) is 6.77. The van der Waals surface area contributed by atoms with Crippen LogP contribution in [0.4, 0.5) is 0 Å². The van der Waals surface area contributed by atoms with Crippen molar-refractivity contribution in [3.05, 3.63) is 50.6 Å². The predicted molar refractivity (Wildman–Crippen MR) is 86.6 cm³/mol. The summed E-state index contributed by atoms with van der Waals surface area (Å²) in [4.78, 5) is 12.1. The average Bonchev–Trinajstić information content (AvgIpc) is 2.94. The Hall–Kier alpha value is -1.36. The minimum absolute atomic E-state index is 0.0467. The Labute approximate surface area is 132 Å². The van der Waals surface area contributed by atoms with Crippen LogP contribution >= 0.6 is 15.9 Å². The van der Waals surface area contributed by atoms with Crippen molar-refractivity contribution in [1.82, 2.24) is 14.3 Å². The van der Waals surface area contributed by atoms with Crippen molar-refractivity contribution in [3.8, 4) is 0 Å². The first-order chi connectivity index (χ1) is 10.1. The summed E-state index contributed by atoms with van der Waals surface area (Å²) in [5, 5.41) is 4.67. The van der Waals surface area contributed by atoms with Crippen LogP contribution in [0.3, 0.4) is 0 Å². The summed E-state index contributed by atoms with van der Waals surface area (Å²) in [7, 11) is 0. The molecule has 2 heterocycles. The van der Waals surface area contributed by atoms with Crippen LogP contribution in [-0.4, -0.2) is 14.3 Å². The normalized spacial score (nSPS) is 16.3. The summed E-state index contributed by atoms with van der Waals surface area (Å²) in [6.45, 7) is 2.36. The molecule has 0 N–H and O–H groups in total. The van der Waals surface area contributed by atoms with E-state index in [2.05, 4.69) is 31.9 Å². The molecule has 1 aliphatic rings. The van der Waals surface area contributed by atoms with E-state index in [1.807, 2.05) is 25.3 Å². The van der Waals surface area contributed by atoms with Gasteiger partial charge in [0.15, 0.2) is 0 Å². The molecule has 0 saturated heterocycles. The lowest BCUT2D eigenvalue weighted by Crippen LogP contribution is -2.22. The van der Waals surface area contributed by atoms with Crippen molar-refractivity contribution in [2.75, 3.05) is 0 Å². The predicted octanol–water partition coefficient (Wildman–Crippen LogP) is 3.67. The van der Waals surface area contributed by atoms with Gasteiger partial charge in [0, 0.05) is 22.4 Å². The fourth-order valence-electron chi connectivity index (χ4n) is 3.04. The Balaban J connectivity index is 1.80. The van der Waals surface area contributed by atoms with Crippen LogP contribution in [0.25, 0.3) is 0 Å². The van der Waals surface area contributed by atoms with Gasteiger partial charge in [-0.2, -0.15) is 5.10 Å². The maximum atomic E-state index is 12.1. The molecule has 4 nitrogen and oxygen atoms in total. The van der Waals surface area contributed by atoms with E-state index in [4.69, 9.17) is 0 Å². The summed E-state index contributed by atoms with van der Waals surface area (Å²) >= 11 is 3.44. The van der Waals surface area contributed by atoms with Crippen molar-refractivity contribution < 1.29 is 0 Å². The minimum Gasteiger partial charge on any atom is -0.308 e. The van der Waals surface area contributed by atoms with E-state index >= 15 is 0 Å². The number of aryl methyl sites for hydroxylation is 1. The largest absolute Gasteiger partial charge is 0.308 e. The molecule has 3 rings (SSSR count). The summed E-state index contributed by atoms with van der Waals surface area (Å²) in [5.41, 5.74) is 1.74. The smallest absolute Gasteiger partial charge is 0.253 e. The number of hydrogen-bond acceptors (Lipinski definition) is 2. The Morgan fingerprint density at radius 3 is 2.86 bits per heavy atom. The Morgan fingerprint density at radius 2 is 2.10 bits per heavy atom. The Morgan fingerprint density at radius 1 is 1.33 bits per heavy atom. The third kappa shape index (κ3) is 3.28. The zero-order chi connectivity index (χ0) is 14.8. The third-order valence-electron chi connectivity index (χ3n) is 4.18. The molecule has 21 heavy (non-hydrogen) atoms. The molecular formula is C16H20BrN3O. The van der Waals surface area contributed by atoms with Crippen molar-refractivity contribution >= 4 is 15.9 Å². The molecule has 2 aromatic heterocycles. The van der Waals surface area contributed by atoms with E-state index < -0.39 is 0 Å². The lowest BCUT2D eigenvalue weighted by Gasteiger charge is -2.21. The van der Waals surface area contributed by atoms with Crippen LogP contribution in [0.2, 0.25) is 0 Å². The minimum atomic E-state index is 0.0467. The number of hydrogen-bond donors (Lipinski definition) is 0. The molecular weight excluding hydrogens is 330 g/mol. The highest BCUT2D eigenvalue weighted by Gasteiger charge is 2.16. The van der Waals surface area contributed by atoms with Gasteiger partial charge in [-0.15, -0.1) is 0 Å². The highest BCUT2D eigenvalue weighted by atomic mass is 79.9. The van der Waals surface area contributed by atoms with Gasteiger partial charge < -0.3 is 4.57 Å². The molecule has 0 aromatic carbocycles. The zero-order valence-electron chi connectivity index (χ0n) is 12.3. The summed E-state index contributed by atoms with van der Waals surface area (Å²) in [6.07, 6.45) is 10.3. The van der Waals surface area contributed by atoms with Crippen molar-refractivity contribution in [2.24, 2.45) is 0 Å². The number of pyridine rings is 1. The van der Waals surface area contributed by atoms with E-state index in [1.165, 1.54) is 32.1 Å². The fraction of sp³-hybridized carbons (Fsp3) is 0.500. The molecule has 0 amide bonds. The highest BCUT2D eigenvalue weighted by molar-refractivity contribution is 9.10. The topological polar surface area (TPSA) is 39.8 Å². The molecule has 0 bridgehead atoms. The quantitative estimate of drug-likeness (QED) is 0.847. The first kappa shape index (κ1) is 14.6. The SMILES string of the molecule is Cc1cc(Br)cn(Cc2ccn(C3CCCCC3)n2)c1=O. The Bertz CT molecular complexity index is 683. The van der Waals surface area contributed by atoms with Gasteiger partial charge in [-0.25, -0.2) is 0 Å². The number of halogens is 1. The second kappa shape index (κ2) is 6.18. The van der Waals surface area contributed by atoms with Gasteiger partial charge in [-0.1, -0.05) is 19.3 Å². The zero-order valence-corrected chi connectivity index (χ0v) is 13.8. The summed E-state index contributed by atoms with van der Waals surface area (Å²) in [5.74, 6) is 0. The van der Waals surface area contributed by atoms with Gasteiger partial charge in [0.1, 0.15) is 0 Å². The van der Waals surface area contributed by atoms with Gasteiger partial charge in [0.2, 0.25) is 0 Å². The van der Waals surface area contributed by atoms with Gasteiger partial charge in [0.05, 0.1) is 18.3 Å². The highest BCUT2D eigenvalue weighted by Crippen LogP contribution is 2.27. The molecule has 1 fully saturated rings. The maximum Gasteiger partial charge on any atom is 0.253 e. The lowest BCUT2D eigenvalue weighted by molar-refractivity contribution is 0.328. The number of aromatic nitrogens is 3. The first-order valence-corrected chi connectivity index (χ1v) is 8.33. The van der Waals surface area contributed by atoms with Gasteiger partial charge in [0.25, 0.3) is 5.56 Å². The first-order valence-electron chi connectivity index (χ1n) is 7.54. The van der Waals surface area contributed by atoms with Crippen LogP contribution in [-0.2, 0) is 6.54 Å². The lowest BCUT2D eigenvalue weighted by atomic mass is 9.96. The summed E-state index contributed by atoms with van der Waals surface area (Å²) in [6, 6.07) is 4.41. The second-order valence-electron chi connectivity index (χ2n) is 5.85. The van der Waals surface area contributed by atoms with Crippen molar-refractivity contribution in [3.63, 3.8) is 0 Å². The molecule has 0 radical (unpaired) electrons. The maximum absolute atomic E-state index is 12.1. The van der Waals surface area contributed by atoms with E-state index in [0.29, 0.717) is 12.6 Å². The van der Waals surface area contributed by atoms with Crippen LogP contribution in [0.15, 0.2) is 33.8 Å². The number of rotatable bonds is 3. The van der Waals surface area contributed by atoms with Crippen LogP contribution in [0.1, 0.15) is 49.4 Å². The number of nitrogens with zero attached hydrogens (tertiary/aromatic N) is 3. The summed E-state index contributed by atoms with van der Waals surface area (Å²) < 4.78 is 4.73. The van der Waals surface area contributed by atoms with Gasteiger partial charge >= 0.3 is 0 Å². The molecule has 0 unspecified atom stereocenters. The molecule has 112 valence electrons. The molecule has 0 aliphatic heterocycles. The van der Waals surface area contributed by atoms with Crippen LogP contribution in [0.5, 0.6) is 0 Å². The van der Waals surface area contributed by atoms with E-state index in [-0.39, 0.29) is 5.56 Å².